The topological polar surface area (TPSA) is 29.5 Å². The van der Waals surface area contributed by atoms with E-state index in [2.05, 4.69) is 53.4 Å². The van der Waals surface area contributed by atoms with Gasteiger partial charge in [-0.1, -0.05) is 42.5 Å². The molecule has 1 atom stereocenters. The number of ether oxygens (including phenoxy) is 1. The SMILES string of the molecule is O=C1C=CC2=C3C(=c4ccccc4=C3c3ccc(OCCN4CCCC4)cc3)SC2C1. The molecule has 0 amide bonds. The van der Waals surface area contributed by atoms with Crippen molar-refractivity contribution in [2.24, 2.45) is 0 Å². The second-order valence-corrected chi connectivity index (χ2v) is 9.82. The van der Waals surface area contributed by atoms with E-state index in [9.17, 15) is 4.79 Å². The van der Waals surface area contributed by atoms with Crippen LogP contribution in [0.3, 0.4) is 0 Å². The lowest BCUT2D eigenvalue weighted by Gasteiger charge is -2.16. The van der Waals surface area contributed by atoms with Gasteiger partial charge in [-0.3, -0.25) is 9.69 Å². The van der Waals surface area contributed by atoms with Crippen LogP contribution in [0, 0.1) is 0 Å². The van der Waals surface area contributed by atoms with E-state index >= 15 is 0 Å². The summed E-state index contributed by atoms with van der Waals surface area (Å²) in [6.07, 6.45) is 7.03. The number of allylic oxidation sites excluding steroid dienone is 2. The van der Waals surface area contributed by atoms with Crippen molar-refractivity contribution in [2.75, 3.05) is 26.2 Å². The molecule has 3 nitrogen and oxygen atoms in total. The van der Waals surface area contributed by atoms with E-state index in [1.54, 1.807) is 6.08 Å². The van der Waals surface area contributed by atoms with Crippen LogP contribution in [0.2, 0.25) is 0 Å². The van der Waals surface area contributed by atoms with E-state index in [0.717, 1.165) is 18.9 Å². The molecule has 6 rings (SSSR count). The number of hydrogen-bond acceptors (Lipinski definition) is 4. The van der Waals surface area contributed by atoms with Gasteiger partial charge in [-0.2, -0.15) is 0 Å². The Balaban J connectivity index is 1.33. The Hall–Kier alpha value is -2.56. The molecule has 2 aromatic carbocycles. The van der Waals surface area contributed by atoms with Gasteiger partial charge < -0.3 is 4.74 Å². The molecule has 156 valence electrons. The first-order valence-electron chi connectivity index (χ1n) is 11.2. The quantitative estimate of drug-likeness (QED) is 0.731. The zero-order valence-electron chi connectivity index (χ0n) is 17.5. The molecule has 0 spiro atoms. The Morgan fingerprint density at radius 2 is 1.71 bits per heavy atom. The molecule has 2 heterocycles. The Morgan fingerprint density at radius 3 is 2.52 bits per heavy atom. The second-order valence-electron chi connectivity index (χ2n) is 8.61. The van der Waals surface area contributed by atoms with Gasteiger partial charge in [0.2, 0.25) is 0 Å². The molecule has 0 saturated carbocycles. The van der Waals surface area contributed by atoms with Crippen molar-refractivity contribution >= 4 is 28.0 Å². The molecule has 0 N–H and O–H groups in total. The third kappa shape index (κ3) is 3.38. The van der Waals surface area contributed by atoms with E-state index in [1.807, 2.05) is 17.8 Å². The average Bonchev–Trinajstić information content (AvgIpc) is 3.50. The minimum atomic E-state index is 0.229. The summed E-state index contributed by atoms with van der Waals surface area (Å²) in [5, 5.41) is 2.84. The normalized spacial score (nSPS) is 22.2. The Morgan fingerprint density at radius 1 is 0.935 bits per heavy atom. The molecular formula is C27H25NO2S. The summed E-state index contributed by atoms with van der Waals surface area (Å²) in [4.78, 5) is 15.8. The summed E-state index contributed by atoms with van der Waals surface area (Å²) in [5.74, 6) is 1.16. The van der Waals surface area contributed by atoms with Crippen molar-refractivity contribution in [1.29, 1.82) is 0 Å². The molecule has 1 unspecified atom stereocenters. The molecule has 0 bridgehead atoms. The Labute approximate surface area is 186 Å². The smallest absolute Gasteiger partial charge is 0.157 e. The molecule has 4 aliphatic rings. The van der Waals surface area contributed by atoms with Gasteiger partial charge in [-0.05, 0) is 71.3 Å². The van der Waals surface area contributed by atoms with Crippen LogP contribution >= 0.6 is 11.8 Å². The van der Waals surface area contributed by atoms with Crippen molar-refractivity contribution in [1.82, 2.24) is 4.90 Å². The Kier molecular flexibility index (Phi) is 4.85. The summed E-state index contributed by atoms with van der Waals surface area (Å²) in [6.45, 7) is 4.15. The number of ketones is 1. The van der Waals surface area contributed by atoms with E-state index in [0.29, 0.717) is 6.42 Å². The molecule has 1 saturated heterocycles. The van der Waals surface area contributed by atoms with E-state index in [1.165, 1.54) is 63.6 Å². The number of thioether (sulfide) groups is 1. The maximum absolute atomic E-state index is 12.0. The van der Waals surface area contributed by atoms with Gasteiger partial charge in [-0.25, -0.2) is 0 Å². The van der Waals surface area contributed by atoms with Crippen molar-refractivity contribution in [3.05, 3.63) is 87.8 Å². The van der Waals surface area contributed by atoms with Crippen molar-refractivity contribution in [3.63, 3.8) is 0 Å². The third-order valence-electron chi connectivity index (χ3n) is 6.67. The van der Waals surface area contributed by atoms with Gasteiger partial charge in [0.05, 0.1) is 0 Å². The minimum absolute atomic E-state index is 0.229. The zero-order chi connectivity index (χ0) is 20.8. The summed E-state index contributed by atoms with van der Waals surface area (Å²) in [7, 11) is 0. The van der Waals surface area contributed by atoms with Crippen molar-refractivity contribution in [3.8, 4) is 5.75 Å². The van der Waals surface area contributed by atoms with Crippen LogP contribution in [0.5, 0.6) is 5.75 Å². The van der Waals surface area contributed by atoms with Crippen LogP contribution in [-0.2, 0) is 4.79 Å². The maximum Gasteiger partial charge on any atom is 0.157 e. The van der Waals surface area contributed by atoms with E-state index < -0.39 is 0 Å². The highest BCUT2D eigenvalue weighted by atomic mass is 32.2. The predicted molar refractivity (Wildman–Crippen MR) is 126 cm³/mol. The van der Waals surface area contributed by atoms with Crippen LogP contribution in [0.1, 0.15) is 24.8 Å². The number of rotatable bonds is 5. The molecule has 0 radical (unpaired) electrons. The molecule has 31 heavy (non-hydrogen) atoms. The largest absolute Gasteiger partial charge is 0.492 e. The first-order valence-corrected chi connectivity index (χ1v) is 12.1. The van der Waals surface area contributed by atoms with Gasteiger partial charge in [0.1, 0.15) is 12.4 Å². The molecule has 2 aromatic rings. The van der Waals surface area contributed by atoms with Gasteiger partial charge >= 0.3 is 0 Å². The van der Waals surface area contributed by atoms with Gasteiger partial charge in [0.25, 0.3) is 0 Å². The molecule has 0 aromatic heterocycles. The van der Waals surface area contributed by atoms with Crippen molar-refractivity contribution in [2.45, 2.75) is 24.5 Å². The summed E-state index contributed by atoms with van der Waals surface area (Å²) < 4.78 is 6.02. The fraction of sp³-hybridized carbons (Fsp3) is 0.296. The zero-order valence-corrected chi connectivity index (χ0v) is 18.3. The van der Waals surface area contributed by atoms with E-state index in [-0.39, 0.29) is 11.0 Å². The molecule has 2 aliphatic heterocycles. The standard InChI is InChI=1S/C27H25NO2S/c29-19-9-12-23-24(17-19)31-27-22-6-2-1-5-21(22)25(26(23)27)18-7-10-20(11-8-18)30-16-15-28-13-3-4-14-28/h1-2,5-12,24H,3-4,13-17H2. The number of benzene rings is 2. The fourth-order valence-corrected chi connectivity index (χ4v) is 6.64. The van der Waals surface area contributed by atoms with Gasteiger partial charge in [0.15, 0.2) is 5.78 Å². The highest BCUT2D eigenvalue weighted by Crippen LogP contribution is 2.51. The average molecular weight is 428 g/mol. The maximum atomic E-state index is 12.0. The number of carbonyl (C=O) groups is 1. The molecular weight excluding hydrogens is 402 g/mol. The van der Waals surface area contributed by atoms with Crippen LogP contribution in [0.15, 0.2) is 71.8 Å². The summed E-state index contributed by atoms with van der Waals surface area (Å²) in [5.41, 5.74) is 5.13. The van der Waals surface area contributed by atoms with Gasteiger partial charge in [-0.15, -0.1) is 11.8 Å². The number of likely N-dealkylation sites (tertiary alicyclic amines) is 1. The van der Waals surface area contributed by atoms with Crippen LogP contribution in [0.25, 0.3) is 10.5 Å². The first kappa shape index (κ1) is 19.1. The number of fused-ring (bicyclic) bond motifs is 3. The molecule has 4 heteroatoms. The first-order chi connectivity index (χ1) is 15.3. The summed E-state index contributed by atoms with van der Waals surface area (Å²) in [6, 6.07) is 17.2. The Bertz CT molecular complexity index is 1230. The third-order valence-corrected chi connectivity index (χ3v) is 8.03. The highest BCUT2D eigenvalue weighted by molar-refractivity contribution is 8.09. The van der Waals surface area contributed by atoms with E-state index in [4.69, 9.17) is 4.74 Å². The van der Waals surface area contributed by atoms with Crippen LogP contribution < -0.4 is 15.2 Å². The van der Waals surface area contributed by atoms with Gasteiger partial charge in [0, 0.05) is 28.7 Å². The summed E-state index contributed by atoms with van der Waals surface area (Å²) >= 11 is 1.86. The number of carbonyl (C=O) groups excluding carboxylic acids is 1. The van der Waals surface area contributed by atoms with Crippen LogP contribution in [0.4, 0.5) is 0 Å². The number of nitrogens with zero attached hydrogens (tertiary/aromatic N) is 1. The fourth-order valence-electron chi connectivity index (χ4n) is 5.14. The van der Waals surface area contributed by atoms with Crippen molar-refractivity contribution < 1.29 is 9.53 Å². The lowest BCUT2D eigenvalue weighted by Crippen LogP contribution is -2.25. The minimum Gasteiger partial charge on any atom is -0.492 e. The lowest BCUT2D eigenvalue weighted by molar-refractivity contribution is -0.114. The predicted octanol–water partition coefficient (Wildman–Crippen LogP) is 3.42. The monoisotopic (exact) mass is 427 g/mol. The molecule has 1 fully saturated rings. The number of hydrogen-bond donors (Lipinski definition) is 0. The molecule has 2 aliphatic carbocycles. The van der Waals surface area contributed by atoms with Crippen LogP contribution in [-0.4, -0.2) is 42.2 Å². The second kappa shape index (κ2) is 7.85. The lowest BCUT2D eigenvalue weighted by atomic mass is 9.90. The highest BCUT2D eigenvalue weighted by Gasteiger charge is 2.37.